The third-order valence-corrected chi connectivity index (χ3v) is 7.35. The lowest BCUT2D eigenvalue weighted by atomic mass is 10.1. The van der Waals surface area contributed by atoms with Crippen molar-refractivity contribution >= 4 is 39.2 Å². The number of aromatic nitrogens is 4. The maximum atomic E-state index is 11.8. The van der Waals surface area contributed by atoms with Gasteiger partial charge in [-0.05, 0) is 36.6 Å². The van der Waals surface area contributed by atoms with Crippen LogP contribution in [0.2, 0.25) is 0 Å². The van der Waals surface area contributed by atoms with Gasteiger partial charge in [-0.3, -0.25) is 4.79 Å². The summed E-state index contributed by atoms with van der Waals surface area (Å²) in [6.07, 6.45) is 2.23. The standard InChI is InChI=1S/C25H27N7O3S/c1-14-19-21(36-20(14)17-5-3-4-16(10-17)11-27-24(34)15(2)33)23(32-6-8-35-9-7-32)31-22(30-19)18-12-28-25(26)29-13-18/h3-5,10,12-13,15,33H,6-9,11H2,1-2H3,(H,27,34)(H2,26,28,29)/t15-/m0/s1. The monoisotopic (exact) mass is 505 g/mol. The fourth-order valence-electron chi connectivity index (χ4n) is 4.08. The molecule has 1 atom stereocenters. The molecule has 0 bridgehead atoms. The van der Waals surface area contributed by atoms with Gasteiger partial charge >= 0.3 is 0 Å². The Hall–Kier alpha value is -3.67. The molecule has 1 saturated heterocycles. The predicted octanol–water partition coefficient (Wildman–Crippen LogP) is 2.54. The Labute approximate surface area is 212 Å². The Bertz CT molecular complexity index is 1400. The highest BCUT2D eigenvalue weighted by molar-refractivity contribution is 7.23. The minimum atomic E-state index is -1.05. The molecule has 5 rings (SSSR count). The second-order valence-corrected chi connectivity index (χ2v) is 9.65. The summed E-state index contributed by atoms with van der Waals surface area (Å²) in [6.45, 7) is 6.62. The molecule has 1 aliphatic rings. The number of ether oxygens (including phenoxy) is 1. The second kappa shape index (κ2) is 10.1. The summed E-state index contributed by atoms with van der Waals surface area (Å²) in [5.74, 6) is 1.22. The summed E-state index contributed by atoms with van der Waals surface area (Å²) in [6, 6.07) is 8.02. The molecule has 0 saturated carbocycles. The largest absolute Gasteiger partial charge is 0.384 e. The zero-order valence-corrected chi connectivity index (χ0v) is 20.9. The van der Waals surface area contributed by atoms with Crippen molar-refractivity contribution in [2.45, 2.75) is 26.5 Å². The number of nitrogens with one attached hydrogen (secondary N) is 1. The van der Waals surface area contributed by atoms with Crippen molar-refractivity contribution in [2.24, 2.45) is 0 Å². The van der Waals surface area contributed by atoms with Crippen LogP contribution in [0.25, 0.3) is 32.0 Å². The van der Waals surface area contributed by atoms with Crippen LogP contribution in [0, 0.1) is 6.92 Å². The molecule has 1 fully saturated rings. The average molecular weight is 506 g/mol. The van der Waals surface area contributed by atoms with Crippen LogP contribution in [0.4, 0.5) is 11.8 Å². The van der Waals surface area contributed by atoms with Crippen molar-refractivity contribution in [1.29, 1.82) is 0 Å². The lowest BCUT2D eigenvalue weighted by molar-refractivity contribution is -0.128. The summed E-state index contributed by atoms with van der Waals surface area (Å²) in [4.78, 5) is 33.2. The summed E-state index contributed by atoms with van der Waals surface area (Å²) in [5.41, 5.74) is 10.3. The van der Waals surface area contributed by atoms with Gasteiger partial charge in [0.1, 0.15) is 6.10 Å². The summed E-state index contributed by atoms with van der Waals surface area (Å²) >= 11 is 1.66. The molecule has 1 amide bonds. The molecule has 0 unspecified atom stereocenters. The van der Waals surface area contributed by atoms with E-state index in [2.05, 4.69) is 33.2 Å². The fourth-order valence-corrected chi connectivity index (χ4v) is 5.34. The van der Waals surface area contributed by atoms with Crippen LogP contribution >= 0.6 is 11.3 Å². The molecule has 0 radical (unpaired) electrons. The third-order valence-electron chi connectivity index (χ3n) is 6.02. The van der Waals surface area contributed by atoms with Crippen molar-refractivity contribution in [3.63, 3.8) is 0 Å². The van der Waals surface area contributed by atoms with Gasteiger partial charge < -0.3 is 25.8 Å². The van der Waals surface area contributed by atoms with E-state index in [1.165, 1.54) is 6.92 Å². The number of thiophene rings is 1. The average Bonchev–Trinajstić information content (AvgIpc) is 3.24. The van der Waals surface area contributed by atoms with Gasteiger partial charge in [-0.25, -0.2) is 19.9 Å². The van der Waals surface area contributed by atoms with Crippen molar-refractivity contribution in [3.8, 4) is 21.8 Å². The van der Waals surface area contributed by atoms with Gasteiger partial charge in [0.15, 0.2) is 11.6 Å². The topological polar surface area (TPSA) is 139 Å². The van der Waals surface area contributed by atoms with Crippen molar-refractivity contribution < 1.29 is 14.6 Å². The molecule has 36 heavy (non-hydrogen) atoms. The minimum absolute atomic E-state index is 0.201. The van der Waals surface area contributed by atoms with Crippen LogP contribution in [-0.2, 0) is 16.1 Å². The Kier molecular flexibility index (Phi) is 6.77. The number of aliphatic hydroxyl groups excluding tert-OH is 1. The van der Waals surface area contributed by atoms with Gasteiger partial charge in [0, 0.05) is 36.9 Å². The van der Waals surface area contributed by atoms with E-state index in [1.807, 2.05) is 18.2 Å². The first-order chi connectivity index (χ1) is 17.4. The highest BCUT2D eigenvalue weighted by Crippen LogP contribution is 2.42. The van der Waals surface area contributed by atoms with Crippen LogP contribution in [0.15, 0.2) is 36.7 Å². The molecule has 10 nitrogen and oxygen atoms in total. The smallest absolute Gasteiger partial charge is 0.248 e. The molecule has 186 valence electrons. The Morgan fingerprint density at radius 3 is 2.69 bits per heavy atom. The molecule has 11 heteroatoms. The zero-order valence-electron chi connectivity index (χ0n) is 20.1. The van der Waals surface area contributed by atoms with Gasteiger partial charge in [0.2, 0.25) is 11.9 Å². The Balaban J connectivity index is 1.59. The lowest BCUT2D eigenvalue weighted by Gasteiger charge is -2.28. The minimum Gasteiger partial charge on any atom is -0.384 e. The van der Waals surface area contributed by atoms with E-state index in [0.29, 0.717) is 31.1 Å². The number of rotatable bonds is 6. The van der Waals surface area contributed by atoms with Crippen LogP contribution in [0.1, 0.15) is 18.1 Å². The summed E-state index contributed by atoms with van der Waals surface area (Å²) in [7, 11) is 0. The van der Waals surface area contributed by atoms with E-state index >= 15 is 0 Å². The maximum Gasteiger partial charge on any atom is 0.248 e. The van der Waals surface area contributed by atoms with E-state index in [-0.39, 0.29) is 5.95 Å². The first kappa shape index (κ1) is 24.0. The molecule has 1 aliphatic heterocycles. The first-order valence-corrected chi connectivity index (χ1v) is 12.5. The van der Waals surface area contributed by atoms with E-state index in [1.54, 1.807) is 23.7 Å². The number of hydrogen-bond acceptors (Lipinski definition) is 10. The van der Waals surface area contributed by atoms with Crippen molar-refractivity contribution in [2.75, 3.05) is 36.9 Å². The quantitative estimate of drug-likeness (QED) is 0.361. The van der Waals surface area contributed by atoms with Crippen molar-refractivity contribution in [1.82, 2.24) is 25.3 Å². The highest BCUT2D eigenvalue weighted by atomic mass is 32.1. The van der Waals surface area contributed by atoms with Crippen LogP contribution < -0.4 is 16.0 Å². The van der Waals surface area contributed by atoms with E-state index in [0.717, 1.165) is 50.7 Å². The first-order valence-electron chi connectivity index (χ1n) is 11.7. The summed E-state index contributed by atoms with van der Waals surface area (Å²) < 4.78 is 6.58. The predicted molar refractivity (Wildman–Crippen MR) is 140 cm³/mol. The number of carbonyl (C=O) groups is 1. The fraction of sp³-hybridized carbons (Fsp3) is 0.320. The normalized spacial score (nSPS) is 14.7. The molecule has 4 heterocycles. The highest BCUT2D eigenvalue weighted by Gasteiger charge is 2.23. The number of amides is 1. The molecule has 1 aromatic carbocycles. The number of fused-ring (bicyclic) bond motifs is 1. The number of nitrogens with two attached hydrogens (primary N) is 1. The molecule has 3 aromatic heterocycles. The van der Waals surface area contributed by atoms with E-state index < -0.39 is 12.0 Å². The second-order valence-electron chi connectivity index (χ2n) is 8.63. The van der Waals surface area contributed by atoms with Gasteiger partial charge in [-0.1, -0.05) is 18.2 Å². The molecular weight excluding hydrogens is 478 g/mol. The van der Waals surface area contributed by atoms with Gasteiger partial charge in [-0.15, -0.1) is 11.3 Å². The summed E-state index contributed by atoms with van der Waals surface area (Å²) in [5, 5.41) is 12.2. The van der Waals surface area contributed by atoms with Gasteiger partial charge in [0.05, 0.1) is 29.0 Å². The molecule has 0 aliphatic carbocycles. The van der Waals surface area contributed by atoms with E-state index in [9.17, 15) is 9.90 Å². The van der Waals surface area contributed by atoms with Crippen molar-refractivity contribution in [3.05, 3.63) is 47.8 Å². The number of anilines is 2. The van der Waals surface area contributed by atoms with Crippen LogP contribution in [0.5, 0.6) is 0 Å². The van der Waals surface area contributed by atoms with Crippen LogP contribution in [-0.4, -0.2) is 63.4 Å². The molecular formula is C25H27N7O3S. The maximum absolute atomic E-state index is 11.8. The molecule has 0 spiro atoms. The van der Waals surface area contributed by atoms with Gasteiger partial charge in [-0.2, -0.15) is 0 Å². The number of carbonyl (C=O) groups excluding carboxylic acids is 1. The van der Waals surface area contributed by atoms with Gasteiger partial charge in [0.25, 0.3) is 0 Å². The Morgan fingerprint density at radius 2 is 1.97 bits per heavy atom. The number of aryl methyl sites for hydroxylation is 1. The number of benzene rings is 1. The number of morpholine rings is 1. The number of hydrogen-bond donors (Lipinski definition) is 3. The van der Waals surface area contributed by atoms with Crippen LogP contribution in [0.3, 0.4) is 0 Å². The number of nitrogens with zero attached hydrogens (tertiary/aromatic N) is 5. The number of nitrogen functional groups attached to an aromatic ring is 1. The zero-order chi connectivity index (χ0) is 25.2. The lowest BCUT2D eigenvalue weighted by Crippen LogP contribution is -2.36. The number of aliphatic hydroxyl groups is 1. The molecule has 4 N–H and O–H groups in total. The Morgan fingerprint density at radius 1 is 1.22 bits per heavy atom. The SMILES string of the molecule is Cc1c(-c2cccc(CNC(=O)[C@H](C)O)c2)sc2c(N3CCOCC3)nc(-c3cnc(N)nc3)nc12. The molecule has 4 aromatic rings. The van der Waals surface area contributed by atoms with E-state index in [4.69, 9.17) is 20.4 Å². The third kappa shape index (κ3) is 4.85.